The van der Waals surface area contributed by atoms with E-state index in [9.17, 15) is 4.79 Å². The molecule has 2 aromatic heterocycles. The number of aryl methyl sites for hydroxylation is 1. The van der Waals surface area contributed by atoms with E-state index in [2.05, 4.69) is 32.1 Å². The Morgan fingerprint density at radius 2 is 2.00 bits per heavy atom. The summed E-state index contributed by atoms with van der Waals surface area (Å²) in [4.78, 5) is 26.2. The Morgan fingerprint density at radius 1 is 1.17 bits per heavy atom. The molecule has 2 aliphatic heterocycles. The summed E-state index contributed by atoms with van der Waals surface area (Å²) in [7, 11) is 0. The summed E-state index contributed by atoms with van der Waals surface area (Å²) < 4.78 is 1.15. The van der Waals surface area contributed by atoms with Crippen LogP contribution in [0.2, 0.25) is 0 Å². The van der Waals surface area contributed by atoms with E-state index in [4.69, 9.17) is 0 Å². The van der Waals surface area contributed by atoms with Crippen LogP contribution in [-0.4, -0.2) is 47.0 Å². The van der Waals surface area contributed by atoms with Gasteiger partial charge in [0, 0.05) is 26.2 Å². The van der Waals surface area contributed by atoms with Crippen molar-refractivity contribution in [2.24, 2.45) is 5.92 Å². The number of carbonyl (C=O) groups excluding carboxylic acids is 1. The van der Waals surface area contributed by atoms with Gasteiger partial charge in [0.25, 0.3) is 0 Å². The van der Waals surface area contributed by atoms with Crippen LogP contribution in [0.25, 0.3) is 10.2 Å². The first-order chi connectivity index (χ1) is 11.7. The van der Waals surface area contributed by atoms with Gasteiger partial charge in [-0.1, -0.05) is 0 Å². The molecule has 0 N–H and O–H groups in total. The van der Waals surface area contributed by atoms with Crippen molar-refractivity contribution >= 4 is 33.3 Å². The minimum atomic E-state index is 0.114. The Bertz CT molecular complexity index is 738. The van der Waals surface area contributed by atoms with Crippen molar-refractivity contribution in [3.05, 3.63) is 17.3 Å². The van der Waals surface area contributed by atoms with Crippen molar-refractivity contribution in [2.45, 2.75) is 39.0 Å². The predicted octanol–water partition coefficient (Wildman–Crippen LogP) is 3.23. The van der Waals surface area contributed by atoms with E-state index in [1.165, 1.54) is 12.0 Å². The molecular weight excluding hydrogens is 320 g/mol. The maximum atomic E-state index is 12.9. The molecule has 1 unspecified atom stereocenters. The number of amides is 1. The molecule has 0 aromatic carbocycles. The molecule has 4 rings (SSSR count). The molecule has 2 aromatic rings. The second-order valence-electron chi connectivity index (χ2n) is 6.96. The number of rotatable bonds is 2. The van der Waals surface area contributed by atoms with Gasteiger partial charge in [-0.2, -0.15) is 0 Å². The van der Waals surface area contributed by atoms with Crippen LogP contribution < -0.4 is 4.90 Å². The molecule has 6 heteroatoms. The van der Waals surface area contributed by atoms with Crippen molar-refractivity contribution in [1.29, 1.82) is 0 Å². The first-order valence-electron chi connectivity index (χ1n) is 8.96. The zero-order valence-corrected chi connectivity index (χ0v) is 15.0. The number of thiophene rings is 1. The van der Waals surface area contributed by atoms with E-state index in [1.54, 1.807) is 17.7 Å². The largest absolute Gasteiger partial charge is 0.355 e. The van der Waals surface area contributed by atoms with Crippen molar-refractivity contribution in [3.8, 4) is 0 Å². The fraction of sp³-hybridized carbons (Fsp3) is 0.611. The lowest BCUT2D eigenvalue weighted by Gasteiger charge is -2.36. The first-order valence-corrected chi connectivity index (χ1v) is 9.84. The lowest BCUT2D eigenvalue weighted by molar-refractivity contribution is -0.136. The lowest BCUT2D eigenvalue weighted by Crippen LogP contribution is -2.46. The molecule has 2 fully saturated rings. The fourth-order valence-electron chi connectivity index (χ4n) is 3.93. The number of piperidine rings is 2. The molecule has 0 bridgehead atoms. The van der Waals surface area contributed by atoms with Gasteiger partial charge >= 0.3 is 0 Å². The van der Waals surface area contributed by atoms with E-state index in [0.29, 0.717) is 5.91 Å². The van der Waals surface area contributed by atoms with E-state index >= 15 is 0 Å². The number of nitrogens with zero attached hydrogens (tertiary/aromatic N) is 4. The van der Waals surface area contributed by atoms with Crippen molar-refractivity contribution < 1.29 is 4.79 Å². The molecule has 0 aliphatic carbocycles. The van der Waals surface area contributed by atoms with Crippen LogP contribution in [-0.2, 0) is 4.79 Å². The number of anilines is 1. The van der Waals surface area contributed by atoms with Crippen molar-refractivity contribution in [2.75, 3.05) is 31.1 Å². The molecule has 0 radical (unpaired) electrons. The van der Waals surface area contributed by atoms with E-state index in [0.717, 1.165) is 67.9 Å². The maximum Gasteiger partial charge on any atom is 0.227 e. The molecule has 128 valence electrons. The molecule has 0 spiro atoms. The number of hydrogen-bond acceptors (Lipinski definition) is 5. The average molecular weight is 344 g/mol. The van der Waals surface area contributed by atoms with E-state index < -0.39 is 0 Å². The summed E-state index contributed by atoms with van der Waals surface area (Å²) in [5.74, 6) is 1.48. The van der Waals surface area contributed by atoms with Gasteiger partial charge in [0.2, 0.25) is 5.91 Å². The molecular formula is C18H24N4OS. The molecule has 0 saturated carbocycles. The summed E-state index contributed by atoms with van der Waals surface area (Å²) in [6, 6.07) is 0. The molecule has 4 heterocycles. The molecule has 5 nitrogen and oxygen atoms in total. The zero-order chi connectivity index (χ0) is 16.5. The highest BCUT2D eigenvalue weighted by molar-refractivity contribution is 7.18. The Hall–Kier alpha value is -1.69. The number of hydrogen-bond donors (Lipinski definition) is 0. The molecule has 2 aliphatic rings. The summed E-state index contributed by atoms with van der Waals surface area (Å²) >= 11 is 1.71. The van der Waals surface area contributed by atoms with Gasteiger partial charge in [0.1, 0.15) is 12.1 Å². The van der Waals surface area contributed by atoms with Crippen molar-refractivity contribution in [3.63, 3.8) is 0 Å². The van der Waals surface area contributed by atoms with Crippen LogP contribution >= 0.6 is 11.3 Å². The lowest BCUT2D eigenvalue weighted by atomic mass is 9.95. The van der Waals surface area contributed by atoms with Gasteiger partial charge < -0.3 is 9.80 Å². The Balaban J connectivity index is 1.54. The third-order valence-electron chi connectivity index (χ3n) is 5.25. The van der Waals surface area contributed by atoms with Gasteiger partial charge in [-0.15, -0.1) is 11.3 Å². The summed E-state index contributed by atoms with van der Waals surface area (Å²) in [6.07, 6.45) is 7.29. The standard InChI is InChI=1S/C18H24N4OS/c1-13-11-24-16-15(13)19-12-20-17(16)22-9-5-6-14(10-22)18(23)21-7-3-2-4-8-21/h11-12,14H,2-10H2,1H3. The normalized spacial score (nSPS) is 22.1. The number of likely N-dealkylation sites (tertiary alicyclic amines) is 1. The number of aromatic nitrogens is 2. The highest BCUT2D eigenvalue weighted by Gasteiger charge is 2.31. The minimum absolute atomic E-state index is 0.114. The fourth-order valence-corrected chi connectivity index (χ4v) is 4.94. The van der Waals surface area contributed by atoms with Crippen LogP contribution in [0.4, 0.5) is 5.82 Å². The summed E-state index contributed by atoms with van der Waals surface area (Å²) in [6.45, 7) is 5.74. The highest BCUT2D eigenvalue weighted by Crippen LogP contribution is 2.33. The second-order valence-corrected chi connectivity index (χ2v) is 7.84. The number of carbonyl (C=O) groups is 1. The first kappa shape index (κ1) is 15.8. The highest BCUT2D eigenvalue weighted by atomic mass is 32.1. The average Bonchev–Trinajstić information content (AvgIpc) is 3.03. The monoisotopic (exact) mass is 344 g/mol. The Kier molecular flexibility index (Phi) is 4.39. The van der Waals surface area contributed by atoms with Gasteiger partial charge in [-0.05, 0) is 50.0 Å². The summed E-state index contributed by atoms with van der Waals surface area (Å²) in [5.41, 5.74) is 2.26. The van der Waals surface area contributed by atoms with E-state index in [-0.39, 0.29) is 5.92 Å². The van der Waals surface area contributed by atoms with Crippen LogP contribution in [0.1, 0.15) is 37.7 Å². The van der Waals surface area contributed by atoms with Gasteiger partial charge in [0.05, 0.1) is 16.1 Å². The zero-order valence-electron chi connectivity index (χ0n) is 14.2. The minimum Gasteiger partial charge on any atom is -0.355 e. The maximum absolute atomic E-state index is 12.9. The topological polar surface area (TPSA) is 49.3 Å². The van der Waals surface area contributed by atoms with Gasteiger partial charge in [0.15, 0.2) is 0 Å². The smallest absolute Gasteiger partial charge is 0.227 e. The SMILES string of the molecule is Cc1csc2c(N3CCCC(C(=O)N4CCCCC4)C3)ncnc12. The quantitative estimate of drug-likeness (QED) is 0.839. The van der Waals surface area contributed by atoms with Crippen LogP contribution in [0.5, 0.6) is 0 Å². The van der Waals surface area contributed by atoms with Crippen LogP contribution in [0, 0.1) is 12.8 Å². The summed E-state index contributed by atoms with van der Waals surface area (Å²) in [5, 5.41) is 2.14. The van der Waals surface area contributed by atoms with Gasteiger partial charge in [-0.3, -0.25) is 4.79 Å². The molecule has 1 amide bonds. The van der Waals surface area contributed by atoms with E-state index in [1.807, 2.05) is 0 Å². The van der Waals surface area contributed by atoms with Crippen molar-refractivity contribution in [1.82, 2.24) is 14.9 Å². The Labute approximate surface area is 146 Å². The second kappa shape index (κ2) is 6.67. The van der Waals surface area contributed by atoms with Gasteiger partial charge in [-0.25, -0.2) is 9.97 Å². The predicted molar refractivity (Wildman–Crippen MR) is 97.5 cm³/mol. The molecule has 2 saturated heterocycles. The third kappa shape index (κ3) is 2.88. The number of fused-ring (bicyclic) bond motifs is 1. The third-order valence-corrected chi connectivity index (χ3v) is 6.33. The molecule has 24 heavy (non-hydrogen) atoms. The Morgan fingerprint density at radius 3 is 2.83 bits per heavy atom. The van der Waals surface area contributed by atoms with Crippen LogP contribution in [0.3, 0.4) is 0 Å². The van der Waals surface area contributed by atoms with Crippen LogP contribution in [0.15, 0.2) is 11.7 Å². The molecule has 1 atom stereocenters.